The maximum absolute atomic E-state index is 11.7. The molecule has 0 bridgehead atoms. The fourth-order valence-electron chi connectivity index (χ4n) is 2.59. The van der Waals surface area contributed by atoms with E-state index in [4.69, 9.17) is 0 Å². The Kier molecular flexibility index (Phi) is 2.84. The summed E-state index contributed by atoms with van der Waals surface area (Å²) in [4.78, 5) is 0. The van der Waals surface area contributed by atoms with Gasteiger partial charge in [-0.05, 0) is 30.6 Å². The third-order valence-corrected chi connectivity index (χ3v) is 6.07. The monoisotopic (exact) mass is 231 g/mol. The maximum atomic E-state index is 11.7. The second kappa shape index (κ2) is 3.74. The quantitative estimate of drug-likeness (QED) is 0.740. The lowest BCUT2D eigenvalue weighted by molar-refractivity contribution is 0.259. The summed E-state index contributed by atoms with van der Waals surface area (Å²) in [5, 5.41) is 0. The van der Waals surface area contributed by atoms with Crippen molar-refractivity contribution in [3.8, 4) is 0 Å². The fourth-order valence-corrected chi connectivity index (χ4v) is 4.16. The topological polar surface area (TPSA) is 37.4 Å². The van der Waals surface area contributed by atoms with Crippen LogP contribution in [0.5, 0.6) is 0 Å². The summed E-state index contributed by atoms with van der Waals surface area (Å²) in [5.74, 6) is 0.922. The van der Waals surface area contributed by atoms with Gasteiger partial charge in [0.05, 0.1) is 5.75 Å². The summed E-state index contributed by atoms with van der Waals surface area (Å²) in [6.45, 7) is 5.98. The molecule has 1 saturated heterocycles. The molecule has 4 heteroatoms. The summed E-state index contributed by atoms with van der Waals surface area (Å²) in [6, 6.07) is 0. The summed E-state index contributed by atoms with van der Waals surface area (Å²) < 4.78 is 25.1. The van der Waals surface area contributed by atoms with Crippen LogP contribution >= 0.6 is 0 Å². The van der Waals surface area contributed by atoms with E-state index < -0.39 is 10.0 Å². The van der Waals surface area contributed by atoms with Gasteiger partial charge < -0.3 is 0 Å². The lowest BCUT2D eigenvalue weighted by Crippen LogP contribution is -2.34. The first-order valence-corrected chi connectivity index (χ1v) is 7.57. The van der Waals surface area contributed by atoms with E-state index in [0.717, 1.165) is 25.9 Å². The SMILES string of the molecule is CC[C@@H](CN1CCCS1(=O)=O)C1(C)CC1. The molecule has 15 heavy (non-hydrogen) atoms. The highest BCUT2D eigenvalue weighted by Gasteiger charge is 2.45. The highest BCUT2D eigenvalue weighted by Crippen LogP contribution is 2.53. The highest BCUT2D eigenvalue weighted by atomic mass is 32.2. The van der Waals surface area contributed by atoms with Gasteiger partial charge in [0.15, 0.2) is 0 Å². The number of hydrogen-bond acceptors (Lipinski definition) is 2. The predicted molar refractivity (Wildman–Crippen MR) is 61.1 cm³/mol. The zero-order valence-electron chi connectivity index (χ0n) is 9.70. The largest absolute Gasteiger partial charge is 0.214 e. The smallest absolute Gasteiger partial charge is 0.212 e. The predicted octanol–water partition coefficient (Wildman–Crippen LogP) is 1.85. The van der Waals surface area contributed by atoms with Crippen LogP contribution in [0.15, 0.2) is 0 Å². The molecule has 0 amide bonds. The minimum absolute atomic E-state index is 0.361. The Balaban J connectivity index is 2.01. The average Bonchev–Trinajstić information content (AvgIpc) is 2.81. The number of rotatable bonds is 4. The van der Waals surface area contributed by atoms with Crippen LogP contribution < -0.4 is 0 Å². The van der Waals surface area contributed by atoms with Crippen molar-refractivity contribution in [2.75, 3.05) is 18.8 Å². The van der Waals surface area contributed by atoms with Crippen LogP contribution in [0, 0.1) is 11.3 Å². The third-order valence-electron chi connectivity index (χ3n) is 4.14. The van der Waals surface area contributed by atoms with Crippen LogP contribution in [0.3, 0.4) is 0 Å². The van der Waals surface area contributed by atoms with E-state index in [1.54, 1.807) is 4.31 Å². The molecule has 2 aliphatic rings. The van der Waals surface area contributed by atoms with Crippen molar-refractivity contribution in [2.45, 2.75) is 39.5 Å². The Morgan fingerprint density at radius 1 is 1.40 bits per heavy atom. The molecule has 88 valence electrons. The van der Waals surface area contributed by atoms with Crippen molar-refractivity contribution in [1.82, 2.24) is 4.31 Å². The molecule has 2 fully saturated rings. The molecule has 1 aliphatic heterocycles. The first-order chi connectivity index (χ1) is 6.98. The number of sulfonamides is 1. The fraction of sp³-hybridized carbons (Fsp3) is 1.00. The zero-order chi connectivity index (χ0) is 11.1. The first kappa shape index (κ1) is 11.4. The Morgan fingerprint density at radius 3 is 2.47 bits per heavy atom. The molecule has 2 rings (SSSR count). The van der Waals surface area contributed by atoms with Gasteiger partial charge in [-0.15, -0.1) is 0 Å². The van der Waals surface area contributed by atoms with Crippen LogP contribution in [0.2, 0.25) is 0 Å². The highest BCUT2D eigenvalue weighted by molar-refractivity contribution is 7.89. The molecule has 1 heterocycles. The number of hydrogen-bond donors (Lipinski definition) is 0. The van der Waals surface area contributed by atoms with Gasteiger partial charge >= 0.3 is 0 Å². The van der Waals surface area contributed by atoms with Gasteiger partial charge in [-0.25, -0.2) is 12.7 Å². The molecule has 1 saturated carbocycles. The molecule has 1 atom stereocenters. The van der Waals surface area contributed by atoms with E-state index in [9.17, 15) is 8.42 Å². The summed E-state index contributed by atoms with van der Waals surface area (Å²) in [7, 11) is -2.89. The summed E-state index contributed by atoms with van der Waals surface area (Å²) in [5.41, 5.74) is 0.437. The van der Waals surface area contributed by atoms with Crippen LogP contribution in [0.4, 0.5) is 0 Å². The Morgan fingerprint density at radius 2 is 2.07 bits per heavy atom. The van der Waals surface area contributed by atoms with Gasteiger partial charge in [0.2, 0.25) is 10.0 Å². The second-order valence-corrected chi connectivity index (χ2v) is 7.38. The van der Waals surface area contributed by atoms with Gasteiger partial charge in [0.25, 0.3) is 0 Å². The minimum Gasteiger partial charge on any atom is -0.212 e. The van der Waals surface area contributed by atoms with Crippen molar-refractivity contribution in [1.29, 1.82) is 0 Å². The van der Waals surface area contributed by atoms with Gasteiger partial charge in [-0.3, -0.25) is 0 Å². The van der Waals surface area contributed by atoms with E-state index in [1.807, 2.05) is 0 Å². The normalized spacial score (nSPS) is 30.3. The third kappa shape index (κ3) is 2.21. The van der Waals surface area contributed by atoms with E-state index in [-0.39, 0.29) is 0 Å². The van der Waals surface area contributed by atoms with Crippen molar-refractivity contribution < 1.29 is 8.42 Å². The van der Waals surface area contributed by atoms with Gasteiger partial charge in [-0.2, -0.15) is 0 Å². The van der Waals surface area contributed by atoms with Gasteiger partial charge in [0, 0.05) is 13.1 Å². The van der Waals surface area contributed by atoms with Crippen molar-refractivity contribution in [3.05, 3.63) is 0 Å². The molecular weight excluding hydrogens is 210 g/mol. The summed E-state index contributed by atoms with van der Waals surface area (Å²) >= 11 is 0. The molecular formula is C11H21NO2S. The Labute approximate surface area is 92.9 Å². The van der Waals surface area contributed by atoms with Crippen LogP contribution in [0.25, 0.3) is 0 Å². The molecule has 0 unspecified atom stereocenters. The first-order valence-electron chi connectivity index (χ1n) is 5.96. The van der Waals surface area contributed by atoms with Crippen molar-refractivity contribution in [3.63, 3.8) is 0 Å². The van der Waals surface area contributed by atoms with Crippen molar-refractivity contribution in [2.24, 2.45) is 11.3 Å². The van der Waals surface area contributed by atoms with E-state index >= 15 is 0 Å². The van der Waals surface area contributed by atoms with Gasteiger partial charge in [-0.1, -0.05) is 20.3 Å². The van der Waals surface area contributed by atoms with E-state index in [2.05, 4.69) is 13.8 Å². The minimum atomic E-state index is -2.89. The average molecular weight is 231 g/mol. The molecule has 3 nitrogen and oxygen atoms in total. The molecule has 1 aliphatic carbocycles. The molecule has 0 spiro atoms. The van der Waals surface area contributed by atoms with Crippen LogP contribution in [-0.2, 0) is 10.0 Å². The van der Waals surface area contributed by atoms with Gasteiger partial charge in [0.1, 0.15) is 0 Å². The molecule has 0 aromatic rings. The Hall–Kier alpha value is -0.0900. The molecule has 0 radical (unpaired) electrons. The molecule has 0 aromatic heterocycles. The Bertz CT molecular complexity index is 332. The van der Waals surface area contributed by atoms with E-state index in [0.29, 0.717) is 17.1 Å². The molecule has 0 aromatic carbocycles. The zero-order valence-corrected chi connectivity index (χ0v) is 10.5. The second-order valence-electron chi connectivity index (χ2n) is 5.29. The molecule has 0 N–H and O–H groups in total. The lowest BCUT2D eigenvalue weighted by Gasteiger charge is -2.26. The maximum Gasteiger partial charge on any atom is 0.214 e. The number of nitrogens with zero attached hydrogens (tertiary/aromatic N) is 1. The lowest BCUT2D eigenvalue weighted by atomic mass is 9.88. The summed E-state index contributed by atoms with van der Waals surface area (Å²) in [6.07, 6.45) is 4.47. The van der Waals surface area contributed by atoms with Crippen LogP contribution in [-0.4, -0.2) is 31.6 Å². The van der Waals surface area contributed by atoms with Crippen molar-refractivity contribution >= 4 is 10.0 Å². The van der Waals surface area contributed by atoms with E-state index in [1.165, 1.54) is 12.8 Å². The standard InChI is InChI=1S/C11H21NO2S/c1-3-10(11(2)5-6-11)9-12-7-4-8-15(12,13)14/h10H,3-9H2,1-2H3/t10-/m0/s1. The van der Waals surface area contributed by atoms with Crippen LogP contribution in [0.1, 0.15) is 39.5 Å².